The van der Waals surface area contributed by atoms with Gasteiger partial charge in [0.25, 0.3) is 0 Å². The molecule has 0 aliphatic carbocycles. The van der Waals surface area contributed by atoms with Crippen molar-refractivity contribution in [3.63, 3.8) is 0 Å². The smallest absolute Gasteiger partial charge is 0.143 e. The summed E-state index contributed by atoms with van der Waals surface area (Å²) in [6.07, 6.45) is 0. The minimum atomic E-state index is 0.303. The van der Waals surface area contributed by atoms with Crippen molar-refractivity contribution in [1.29, 1.82) is 0 Å². The Hall–Kier alpha value is -1.23. The van der Waals surface area contributed by atoms with E-state index >= 15 is 0 Å². The van der Waals surface area contributed by atoms with Crippen LogP contribution >= 0.6 is 23.2 Å². The van der Waals surface area contributed by atoms with Crippen LogP contribution in [0.3, 0.4) is 0 Å². The van der Waals surface area contributed by atoms with Crippen LogP contribution in [-0.2, 0) is 13.2 Å². The largest absolute Gasteiger partial charge is 0.485 e. The van der Waals surface area contributed by atoms with Gasteiger partial charge in [0.1, 0.15) is 23.8 Å². The maximum atomic E-state index is 6.20. The summed E-state index contributed by atoms with van der Waals surface area (Å²) in [5.74, 6) is 1.37. The number of nitrogens with zero attached hydrogens (tertiary/aromatic N) is 1. The molecule has 1 aromatic heterocycles. The highest BCUT2D eigenvalue weighted by Crippen LogP contribution is 2.33. The van der Waals surface area contributed by atoms with Gasteiger partial charge in [0.2, 0.25) is 0 Å². The minimum absolute atomic E-state index is 0.303. The van der Waals surface area contributed by atoms with Crippen LogP contribution in [0, 0.1) is 6.92 Å². The SMILES string of the molecule is CCNCc1cc(Cl)cc(Cl)c1OCc1cc(C)on1. The van der Waals surface area contributed by atoms with Gasteiger partial charge in [-0.3, -0.25) is 0 Å². The molecule has 0 unspecified atom stereocenters. The molecule has 4 nitrogen and oxygen atoms in total. The van der Waals surface area contributed by atoms with Gasteiger partial charge in [-0.1, -0.05) is 35.3 Å². The fourth-order valence-electron chi connectivity index (χ4n) is 1.80. The number of halogens is 2. The highest BCUT2D eigenvalue weighted by atomic mass is 35.5. The van der Waals surface area contributed by atoms with Crippen LogP contribution in [0.1, 0.15) is 23.9 Å². The second-order valence-electron chi connectivity index (χ2n) is 4.37. The lowest BCUT2D eigenvalue weighted by atomic mass is 10.2. The molecule has 0 saturated heterocycles. The summed E-state index contributed by atoms with van der Waals surface area (Å²) in [5.41, 5.74) is 1.65. The first-order chi connectivity index (χ1) is 9.60. The van der Waals surface area contributed by atoms with E-state index in [0.717, 1.165) is 23.6 Å². The van der Waals surface area contributed by atoms with Crippen molar-refractivity contribution in [3.05, 3.63) is 45.3 Å². The number of hydrogen-bond acceptors (Lipinski definition) is 4. The van der Waals surface area contributed by atoms with Crippen molar-refractivity contribution < 1.29 is 9.26 Å². The van der Waals surface area contributed by atoms with E-state index in [0.29, 0.717) is 28.9 Å². The molecule has 0 spiro atoms. The highest BCUT2D eigenvalue weighted by Gasteiger charge is 2.12. The highest BCUT2D eigenvalue weighted by molar-refractivity contribution is 6.35. The Morgan fingerprint density at radius 2 is 2.10 bits per heavy atom. The molecule has 0 saturated carbocycles. The third-order valence-electron chi connectivity index (χ3n) is 2.69. The quantitative estimate of drug-likeness (QED) is 0.876. The topological polar surface area (TPSA) is 47.3 Å². The number of aromatic nitrogens is 1. The number of rotatable bonds is 6. The second kappa shape index (κ2) is 6.97. The van der Waals surface area contributed by atoms with Gasteiger partial charge in [-0.25, -0.2) is 0 Å². The lowest BCUT2D eigenvalue weighted by molar-refractivity contribution is 0.285. The van der Waals surface area contributed by atoms with Crippen molar-refractivity contribution in [3.8, 4) is 5.75 Å². The van der Waals surface area contributed by atoms with Crippen molar-refractivity contribution in [2.45, 2.75) is 27.0 Å². The van der Waals surface area contributed by atoms with E-state index in [-0.39, 0.29) is 0 Å². The predicted octanol–water partition coefficient (Wildman–Crippen LogP) is 3.98. The molecule has 20 heavy (non-hydrogen) atoms. The Labute approximate surface area is 128 Å². The molecule has 1 N–H and O–H groups in total. The minimum Gasteiger partial charge on any atom is -0.485 e. The summed E-state index contributed by atoms with van der Waals surface area (Å²) in [5, 5.41) is 8.20. The van der Waals surface area contributed by atoms with Crippen LogP contribution in [0.5, 0.6) is 5.75 Å². The van der Waals surface area contributed by atoms with E-state index in [4.69, 9.17) is 32.5 Å². The summed E-state index contributed by atoms with van der Waals surface area (Å²) in [4.78, 5) is 0. The molecule has 1 heterocycles. The van der Waals surface area contributed by atoms with Gasteiger partial charge < -0.3 is 14.6 Å². The van der Waals surface area contributed by atoms with E-state index in [1.807, 2.05) is 26.0 Å². The molecular weight excluding hydrogens is 299 g/mol. The average Bonchev–Trinajstić information content (AvgIpc) is 2.80. The Bertz CT molecular complexity index is 585. The lowest BCUT2D eigenvalue weighted by Gasteiger charge is -2.13. The number of ether oxygens (including phenoxy) is 1. The van der Waals surface area contributed by atoms with Gasteiger partial charge in [-0.15, -0.1) is 0 Å². The number of nitrogens with one attached hydrogen (secondary N) is 1. The van der Waals surface area contributed by atoms with E-state index in [1.54, 1.807) is 6.07 Å². The Morgan fingerprint density at radius 1 is 1.30 bits per heavy atom. The van der Waals surface area contributed by atoms with Crippen LogP contribution in [0.4, 0.5) is 0 Å². The van der Waals surface area contributed by atoms with E-state index < -0.39 is 0 Å². The molecule has 0 bridgehead atoms. The van der Waals surface area contributed by atoms with Crippen molar-refractivity contribution >= 4 is 23.2 Å². The van der Waals surface area contributed by atoms with Crippen LogP contribution in [-0.4, -0.2) is 11.7 Å². The maximum absolute atomic E-state index is 6.20. The Morgan fingerprint density at radius 3 is 2.75 bits per heavy atom. The standard InChI is InChI=1S/C14H16Cl2N2O2/c1-3-17-7-10-5-11(15)6-13(16)14(10)19-8-12-4-9(2)20-18-12/h4-6,17H,3,7-8H2,1-2H3. The molecule has 2 aromatic rings. The first-order valence-corrected chi connectivity index (χ1v) is 7.09. The van der Waals surface area contributed by atoms with Gasteiger partial charge in [-0.05, 0) is 25.6 Å². The first-order valence-electron chi connectivity index (χ1n) is 6.33. The zero-order valence-electron chi connectivity index (χ0n) is 11.4. The molecule has 0 radical (unpaired) electrons. The van der Waals surface area contributed by atoms with Crippen molar-refractivity contribution in [2.75, 3.05) is 6.54 Å². The second-order valence-corrected chi connectivity index (χ2v) is 5.22. The predicted molar refractivity (Wildman–Crippen MR) is 79.4 cm³/mol. The molecule has 0 aliphatic heterocycles. The molecule has 0 amide bonds. The normalized spacial score (nSPS) is 10.8. The summed E-state index contributed by atoms with van der Waals surface area (Å²) in [6.45, 7) is 5.67. The molecule has 2 rings (SSSR count). The van der Waals surface area contributed by atoms with Gasteiger partial charge in [0.05, 0.1) is 5.02 Å². The lowest BCUT2D eigenvalue weighted by Crippen LogP contribution is -2.13. The van der Waals surface area contributed by atoms with E-state index in [1.165, 1.54) is 0 Å². The van der Waals surface area contributed by atoms with Crippen LogP contribution < -0.4 is 10.1 Å². The summed E-state index contributed by atoms with van der Waals surface area (Å²) in [7, 11) is 0. The monoisotopic (exact) mass is 314 g/mol. The molecule has 0 atom stereocenters. The van der Waals surface area contributed by atoms with Gasteiger partial charge in [0.15, 0.2) is 0 Å². The summed E-state index contributed by atoms with van der Waals surface area (Å²) in [6, 6.07) is 5.34. The number of benzene rings is 1. The third-order valence-corrected chi connectivity index (χ3v) is 3.19. The molecule has 108 valence electrons. The van der Waals surface area contributed by atoms with E-state index in [9.17, 15) is 0 Å². The van der Waals surface area contributed by atoms with Gasteiger partial charge in [0, 0.05) is 23.2 Å². The van der Waals surface area contributed by atoms with Gasteiger partial charge >= 0.3 is 0 Å². The molecule has 0 aliphatic rings. The van der Waals surface area contributed by atoms with Crippen LogP contribution in [0.2, 0.25) is 10.0 Å². The molecule has 0 fully saturated rings. The van der Waals surface area contributed by atoms with Crippen LogP contribution in [0.25, 0.3) is 0 Å². The molecular formula is C14H16Cl2N2O2. The fraction of sp³-hybridized carbons (Fsp3) is 0.357. The number of hydrogen-bond donors (Lipinski definition) is 1. The van der Waals surface area contributed by atoms with Gasteiger partial charge in [-0.2, -0.15) is 0 Å². The molecule has 1 aromatic carbocycles. The summed E-state index contributed by atoms with van der Waals surface area (Å²) >= 11 is 12.2. The zero-order valence-corrected chi connectivity index (χ0v) is 12.9. The molecule has 6 heteroatoms. The van der Waals surface area contributed by atoms with E-state index in [2.05, 4.69) is 10.5 Å². The van der Waals surface area contributed by atoms with Crippen molar-refractivity contribution in [1.82, 2.24) is 10.5 Å². The fourth-order valence-corrected chi connectivity index (χ4v) is 2.39. The zero-order chi connectivity index (χ0) is 14.5. The first kappa shape index (κ1) is 15.2. The van der Waals surface area contributed by atoms with Crippen LogP contribution in [0.15, 0.2) is 22.7 Å². The average molecular weight is 315 g/mol. The Balaban J connectivity index is 2.16. The summed E-state index contributed by atoms with van der Waals surface area (Å²) < 4.78 is 10.8. The van der Waals surface area contributed by atoms with Crippen molar-refractivity contribution in [2.24, 2.45) is 0 Å². The third kappa shape index (κ3) is 3.88. The number of aryl methyl sites for hydroxylation is 1. The maximum Gasteiger partial charge on any atom is 0.143 e. The Kier molecular flexibility index (Phi) is 5.29.